The molecule has 0 fully saturated rings. The summed E-state index contributed by atoms with van der Waals surface area (Å²) in [7, 11) is -3.52. The van der Waals surface area contributed by atoms with Gasteiger partial charge in [0.1, 0.15) is 10.7 Å². The van der Waals surface area contributed by atoms with Crippen LogP contribution in [0.4, 0.5) is 0 Å². The van der Waals surface area contributed by atoms with Crippen molar-refractivity contribution in [1.82, 2.24) is 4.72 Å². The molecule has 5 nitrogen and oxygen atoms in total. The number of sulfonamides is 1. The summed E-state index contributed by atoms with van der Waals surface area (Å²) in [5, 5.41) is 0. The molecule has 1 heterocycles. The van der Waals surface area contributed by atoms with Gasteiger partial charge in [-0.2, -0.15) is 11.8 Å². The Hall–Kier alpha value is -0.0200. The maximum absolute atomic E-state index is 12.0. The highest BCUT2D eigenvalue weighted by molar-refractivity contribution is 9.10. The minimum Gasteiger partial charge on any atom is -0.452 e. The van der Waals surface area contributed by atoms with Crippen LogP contribution in [0.25, 0.3) is 0 Å². The van der Waals surface area contributed by atoms with Crippen molar-refractivity contribution in [2.24, 2.45) is 5.73 Å². The number of unbranched alkanes of at least 4 members (excludes halogenated alkanes) is 1. The summed E-state index contributed by atoms with van der Waals surface area (Å²) >= 11 is 4.83. The van der Waals surface area contributed by atoms with Crippen LogP contribution in [0.3, 0.4) is 0 Å². The number of furan rings is 1. The summed E-state index contributed by atoms with van der Waals surface area (Å²) in [6.07, 6.45) is 3.84. The van der Waals surface area contributed by atoms with Crippen LogP contribution in [0, 0.1) is 0 Å². The zero-order valence-corrected chi connectivity index (χ0v) is 13.3. The zero-order chi connectivity index (χ0) is 13.6. The normalized spacial score (nSPS) is 11.9. The van der Waals surface area contributed by atoms with Gasteiger partial charge in [0, 0.05) is 12.6 Å². The molecule has 104 valence electrons. The minimum atomic E-state index is -3.52. The van der Waals surface area contributed by atoms with Gasteiger partial charge in [-0.25, -0.2) is 13.1 Å². The average Bonchev–Trinajstić information content (AvgIpc) is 2.71. The van der Waals surface area contributed by atoms with Crippen LogP contribution in [-0.4, -0.2) is 27.0 Å². The Kier molecular flexibility index (Phi) is 6.72. The quantitative estimate of drug-likeness (QED) is 0.695. The molecule has 0 atom stereocenters. The summed E-state index contributed by atoms with van der Waals surface area (Å²) in [5.74, 6) is 1.47. The molecule has 0 radical (unpaired) electrons. The first-order valence-corrected chi connectivity index (χ1v) is 9.15. The molecular weight excluding hydrogens is 340 g/mol. The predicted octanol–water partition coefficient (Wildman–Crippen LogP) is 1.92. The second-order valence-corrected chi connectivity index (χ2v) is 7.09. The summed E-state index contributed by atoms with van der Waals surface area (Å²) in [6, 6.07) is 1.44. The molecule has 0 aliphatic rings. The third-order valence-electron chi connectivity index (χ3n) is 2.26. The second kappa shape index (κ2) is 7.54. The van der Waals surface area contributed by atoms with Gasteiger partial charge in [0.2, 0.25) is 10.0 Å². The van der Waals surface area contributed by atoms with Gasteiger partial charge in [0.15, 0.2) is 4.67 Å². The molecule has 0 bridgehead atoms. The molecule has 1 aromatic rings. The van der Waals surface area contributed by atoms with E-state index in [9.17, 15) is 8.42 Å². The number of hydrogen-bond donors (Lipinski definition) is 2. The van der Waals surface area contributed by atoms with E-state index >= 15 is 0 Å². The number of nitrogens with one attached hydrogen (secondary N) is 1. The Labute approximate surface area is 120 Å². The van der Waals surface area contributed by atoms with Crippen molar-refractivity contribution in [2.45, 2.75) is 24.3 Å². The Morgan fingerprint density at radius 3 is 2.78 bits per heavy atom. The summed E-state index contributed by atoms with van der Waals surface area (Å²) in [6.45, 7) is 0.598. The van der Waals surface area contributed by atoms with E-state index in [1.165, 1.54) is 6.07 Å². The Morgan fingerprint density at radius 1 is 1.50 bits per heavy atom. The smallest absolute Gasteiger partial charge is 0.244 e. The lowest BCUT2D eigenvalue weighted by Gasteiger charge is -2.04. The van der Waals surface area contributed by atoms with Crippen molar-refractivity contribution in [3.8, 4) is 0 Å². The van der Waals surface area contributed by atoms with Crippen molar-refractivity contribution in [3.05, 3.63) is 16.5 Å². The topological polar surface area (TPSA) is 85.3 Å². The SMILES string of the molecule is CSCCCCNS(=O)(=O)c1cc(CN)oc1Br. The third kappa shape index (κ3) is 4.58. The van der Waals surface area contributed by atoms with Crippen LogP contribution in [0.1, 0.15) is 18.6 Å². The van der Waals surface area contributed by atoms with E-state index in [1.54, 1.807) is 11.8 Å². The number of nitrogens with two attached hydrogens (primary N) is 1. The van der Waals surface area contributed by atoms with Crippen LogP contribution in [-0.2, 0) is 16.6 Å². The highest BCUT2D eigenvalue weighted by Crippen LogP contribution is 2.25. The van der Waals surface area contributed by atoms with Crippen molar-refractivity contribution >= 4 is 37.7 Å². The molecule has 0 aliphatic heterocycles. The fraction of sp³-hybridized carbons (Fsp3) is 0.600. The van der Waals surface area contributed by atoms with E-state index in [1.807, 2.05) is 6.26 Å². The number of rotatable bonds is 8. The van der Waals surface area contributed by atoms with Gasteiger partial charge in [-0.15, -0.1) is 0 Å². The predicted molar refractivity (Wildman–Crippen MR) is 77.1 cm³/mol. The minimum absolute atomic E-state index is 0.104. The molecule has 0 aliphatic carbocycles. The van der Waals surface area contributed by atoms with Gasteiger partial charge in [-0.1, -0.05) is 0 Å². The van der Waals surface area contributed by atoms with Gasteiger partial charge in [0.25, 0.3) is 0 Å². The summed E-state index contributed by atoms with van der Waals surface area (Å²) in [5.41, 5.74) is 5.40. The zero-order valence-electron chi connectivity index (χ0n) is 10.1. The van der Waals surface area contributed by atoms with Crippen LogP contribution >= 0.6 is 27.7 Å². The monoisotopic (exact) mass is 356 g/mol. The van der Waals surface area contributed by atoms with E-state index in [2.05, 4.69) is 20.7 Å². The van der Waals surface area contributed by atoms with Crippen molar-refractivity contribution in [1.29, 1.82) is 0 Å². The van der Waals surface area contributed by atoms with Crippen molar-refractivity contribution in [3.63, 3.8) is 0 Å². The highest BCUT2D eigenvalue weighted by Gasteiger charge is 2.21. The largest absolute Gasteiger partial charge is 0.452 e. The van der Waals surface area contributed by atoms with Crippen LogP contribution in [0.2, 0.25) is 0 Å². The number of halogens is 1. The first kappa shape index (κ1) is 16.0. The lowest BCUT2D eigenvalue weighted by atomic mass is 10.3. The molecule has 0 aromatic carbocycles. The fourth-order valence-electron chi connectivity index (χ4n) is 1.34. The fourth-order valence-corrected chi connectivity index (χ4v) is 3.90. The van der Waals surface area contributed by atoms with Crippen LogP contribution in [0.15, 0.2) is 20.0 Å². The standard InChI is InChI=1S/C10H17BrN2O3S2/c1-17-5-3-2-4-13-18(14,15)9-6-8(7-12)16-10(9)11/h6,13H,2-5,7,12H2,1H3. The molecular formula is C10H17BrN2O3S2. The maximum atomic E-state index is 12.0. The molecule has 0 amide bonds. The third-order valence-corrected chi connectivity index (χ3v) is 5.28. The van der Waals surface area contributed by atoms with E-state index < -0.39 is 10.0 Å². The molecule has 1 aromatic heterocycles. The summed E-state index contributed by atoms with van der Waals surface area (Å²) in [4.78, 5) is 0.104. The van der Waals surface area contributed by atoms with Crippen molar-refractivity contribution in [2.75, 3.05) is 18.6 Å². The molecule has 3 N–H and O–H groups in total. The van der Waals surface area contributed by atoms with Crippen molar-refractivity contribution < 1.29 is 12.8 Å². The van der Waals surface area contributed by atoms with Gasteiger partial charge in [-0.3, -0.25) is 0 Å². The highest BCUT2D eigenvalue weighted by atomic mass is 79.9. The first-order valence-electron chi connectivity index (χ1n) is 5.48. The van der Waals surface area contributed by atoms with E-state index in [-0.39, 0.29) is 16.1 Å². The Morgan fingerprint density at radius 2 is 2.22 bits per heavy atom. The van der Waals surface area contributed by atoms with Gasteiger partial charge in [-0.05, 0) is 40.8 Å². The maximum Gasteiger partial charge on any atom is 0.244 e. The molecule has 1 rings (SSSR count). The second-order valence-electron chi connectivity index (χ2n) is 3.65. The molecule has 8 heteroatoms. The lowest BCUT2D eigenvalue weighted by Crippen LogP contribution is -2.24. The molecule has 0 spiro atoms. The molecule has 18 heavy (non-hydrogen) atoms. The van der Waals surface area contributed by atoms with Gasteiger partial charge < -0.3 is 10.2 Å². The summed E-state index contributed by atoms with van der Waals surface area (Å²) < 4.78 is 31.8. The Bertz CT molecular complexity index is 473. The lowest BCUT2D eigenvalue weighted by molar-refractivity contribution is 0.483. The average molecular weight is 357 g/mol. The van der Waals surface area contributed by atoms with Crippen LogP contribution < -0.4 is 10.5 Å². The molecule has 0 saturated carbocycles. The molecule has 0 saturated heterocycles. The van der Waals surface area contributed by atoms with Gasteiger partial charge in [0.05, 0.1) is 6.54 Å². The van der Waals surface area contributed by atoms with Crippen LogP contribution in [0.5, 0.6) is 0 Å². The Balaban J connectivity index is 2.60. The molecule has 0 unspecified atom stereocenters. The van der Waals surface area contributed by atoms with Gasteiger partial charge >= 0.3 is 0 Å². The van der Waals surface area contributed by atoms with E-state index in [4.69, 9.17) is 10.2 Å². The number of thioether (sulfide) groups is 1. The first-order chi connectivity index (χ1) is 8.51. The van der Waals surface area contributed by atoms with E-state index in [0.29, 0.717) is 12.3 Å². The number of hydrogen-bond acceptors (Lipinski definition) is 5. The van der Waals surface area contributed by atoms with E-state index in [0.717, 1.165) is 18.6 Å².